The smallest absolute Gasteiger partial charge is 0.188 e. The van der Waals surface area contributed by atoms with Crippen molar-refractivity contribution in [1.82, 2.24) is 0 Å². The number of rotatable bonds is 0. The Balaban J connectivity index is 1.95. The van der Waals surface area contributed by atoms with E-state index in [2.05, 4.69) is 19.1 Å². The predicted octanol–water partition coefficient (Wildman–Crippen LogP) is 2.39. The van der Waals surface area contributed by atoms with Gasteiger partial charge in [0.15, 0.2) is 5.79 Å². The number of nitrogens with zero attached hydrogens (tertiary/aromatic N) is 1. The van der Waals surface area contributed by atoms with Gasteiger partial charge in [0, 0.05) is 11.8 Å². The molecule has 3 aliphatic rings. The molecule has 16 heavy (non-hydrogen) atoms. The van der Waals surface area contributed by atoms with Gasteiger partial charge < -0.3 is 9.47 Å². The molecule has 0 aromatic heterocycles. The lowest BCUT2D eigenvalue weighted by molar-refractivity contribution is -0.132. The minimum atomic E-state index is -0.445. The normalized spacial score (nSPS) is 40.5. The SMILES string of the molecule is C[C@]12CCC3(C=C1CC[C@@H]2C#N)OCCO3. The fourth-order valence-corrected chi connectivity index (χ4v) is 3.38. The van der Waals surface area contributed by atoms with Crippen LogP contribution in [0.25, 0.3) is 0 Å². The van der Waals surface area contributed by atoms with E-state index in [1.165, 1.54) is 5.57 Å². The maximum atomic E-state index is 9.19. The van der Waals surface area contributed by atoms with E-state index < -0.39 is 5.79 Å². The first-order chi connectivity index (χ1) is 7.69. The van der Waals surface area contributed by atoms with Crippen molar-refractivity contribution in [2.24, 2.45) is 11.3 Å². The average Bonchev–Trinajstić information content (AvgIpc) is 2.85. The Morgan fingerprint density at radius 3 is 2.81 bits per heavy atom. The summed E-state index contributed by atoms with van der Waals surface area (Å²) >= 11 is 0. The van der Waals surface area contributed by atoms with Gasteiger partial charge in [-0.3, -0.25) is 0 Å². The first kappa shape index (κ1) is 10.3. The zero-order valence-electron chi connectivity index (χ0n) is 9.66. The molecule has 3 heteroatoms. The number of fused-ring (bicyclic) bond motifs is 1. The molecule has 1 saturated heterocycles. The third kappa shape index (κ3) is 1.27. The molecule has 0 aromatic rings. The molecule has 1 spiro atoms. The maximum Gasteiger partial charge on any atom is 0.188 e. The van der Waals surface area contributed by atoms with Crippen LogP contribution < -0.4 is 0 Å². The van der Waals surface area contributed by atoms with Crippen molar-refractivity contribution in [2.75, 3.05) is 13.2 Å². The largest absolute Gasteiger partial charge is 0.344 e. The summed E-state index contributed by atoms with van der Waals surface area (Å²) in [5.74, 6) is -0.267. The van der Waals surface area contributed by atoms with Crippen LogP contribution in [0.3, 0.4) is 0 Å². The molecule has 3 nitrogen and oxygen atoms in total. The van der Waals surface area contributed by atoms with Crippen LogP contribution in [0, 0.1) is 22.7 Å². The molecule has 3 rings (SSSR count). The highest BCUT2D eigenvalue weighted by molar-refractivity contribution is 5.29. The quantitative estimate of drug-likeness (QED) is 0.587. The van der Waals surface area contributed by atoms with Gasteiger partial charge in [-0.2, -0.15) is 5.26 Å². The molecule has 2 atom stereocenters. The number of allylic oxidation sites excluding steroid dienone is 1. The Kier molecular flexibility index (Phi) is 2.14. The second-order valence-electron chi connectivity index (χ2n) is 5.32. The molecule has 0 bridgehead atoms. The summed E-state index contributed by atoms with van der Waals surface area (Å²) in [6.07, 6.45) is 6.10. The highest BCUT2D eigenvalue weighted by Crippen LogP contribution is 2.55. The Morgan fingerprint density at radius 1 is 1.38 bits per heavy atom. The molecule has 86 valence electrons. The predicted molar refractivity (Wildman–Crippen MR) is 58.4 cm³/mol. The molecule has 1 heterocycles. The second kappa shape index (κ2) is 3.32. The molecule has 1 aliphatic heterocycles. The summed E-state index contributed by atoms with van der Waals surface area (Å²) in [7, 11) is 0. The lowest BCUT2D eigenvalue weighted by Gasteiger charge is -2.39. The molecule has 0 N–H and O–H groups in total. The topological polar surface area (TPSA) is 42.2 Å². The lowest BCUT2D eigenvalue weighted by atomic mass is 9.69. The van der Waals surface area contributed by atoms with Gasteiger partial charge in [-0.05, 0) is 25.3 Å². The van der Waals surface area contributed by atoms with E-state index >= 15 is 0 Å². The van der Waals surface area contributed by atoms with E-state index in [1.807, 2.05) is 0 Å². The Morgan fingerprint density at radius 2 is 2.12 bits per heavy atom. The summed E-state index contributed by atoms with van der Waals surface area (Å²) < 4.78 is 11.4. The second-order valence-corrected chi connectivity index (χ2v) is 5.32. The Labute approximate surface area is 96.0 Å². The highest BCUT2D eigenvalue weighted by atomic mass is 16.7. The fourth-order valence-electron chi connectivity index (χ4n) is 3.38. The van der Waals surface area contributed by atoms with Crippen molar-refractivity contribution in [2.45, 2.75) is 38.4 Å². The van der Waals surface area contributed by atoms with Crippen molar-refractivity contribution in [3.8, 4) is 6.07 Å². The van der Waals surface area contributed by atoms with Gasteiger partial charge in [-0.15, -0.1) is 0 Å². The Hall–Kier alpha value is -0.850. The van der Waals surface area contributed by atoms with Crippen LogP contribution in [0.4, 0.5) is 0 Å². The van der Waals surface area contributed by atoms with E-state index in [4.69, 9.17) is 9.47 Å². The summed E-state index contributed by atoms with van der Waals surface area (Å²) in [6, 6.07) is 2.46. The first-order valence-electron chi connectivity index (χ1n) is 6.08. The molecular formula is C13H17NO2. The van der Waals surface area contributed by atoms with Crippen molar-refractivity contribution < 1.29 is 9.47 Å². The van der Waals surface area contributed by atoms with Crippen LogP contribution in [-0.2, 0) is 9.47 Å². The molecule has 0 radical (unpaired) electrons. The zero-order valence-corrected chi connectivity index (χ0v) is 9.66. The van der Waals surface area contributed by atoms with Gasteiger partial charge in [0.05, 0.1) is 25.2 Å². The van der Waals surface area contributed by atoms with Crippen LogP contribution >= 0.6 is 0 Å². The molecule has 2 fully saturated rings. The fraction of sp³-hybridized carbons (Fsp3) is 0.769. The summed E-state index contributed by atoms with van der Waals surface area (Å²) in [5.41, 5.74) is 1.46. The van der Waals surface area contributed by atoms with Gasteiger partial charge in [0.2, 0.25) is 0 Å². The molecule has 1 saturated carbocycles. The van der Waals surface area contributed by atoms with E-state index in [-0.39, 0.29) is 11.3 Å². The minimum Gasteiger partial charge on any atom is -0.344 e. The van der Waals surface area contributed by atoms with Crippen molar-refractivity contribution in [3.05, 3.63) is 11.6 Å². The van der Waals surface area contributed by atoms with Crippen molar-refractivity contribution in [1.29, 1.82) is 5.26 Å². The van der Waals surface area contributed by atoms with Gasteiger partial charge in [-0.25, -0.2) is 0 Å². The minimum absolute atomic E-state index is 0.0787. The van der Waals surface area contributed by atoms with Crippen LogP contribution in [-0.4, -0.2) is 19.0 Å². The molecule has 2 aliphatic carbocycles. The van der Waals surface area contributed by atoms with E-state index in [0.29, 0.717) is 13.2 Å². The van der Waals surface area contributed by atoms with Crippen LogP contribution in [0.5, 0.6) is 0 Å². The highest BCUT2D eigenvalue weighted by Gasteiger charge is 2.50. The standard InChI is InChI=1S/C13H17NO2/c1-12-4-5-13(15-6-7-16-13)8-10(12)2-3-11(12)9-14/h8,11H,2-7H2,1H3/t11-,12+/m1/s1. The summed E-state index contributed by atoms with van der Waals surface area (Å²) in [6.45, 7) is 3.62. The molecule has 0 unspecified atom stereocenters. The monoisotopic (exact) mass is 219 g/mol. The van der Waals surface area contributed by atoms with Crippen molar-refractivity contribution >= 4 is 0 Å². The lowest BCUT2D eigenvalue weighted by Crippen LogP contribution is -2.37. The summed E-state index contributed by atoms with van der Waals surface area (Å²) in [5, 5.41) is 9.19. The van der Waals surface area contributed by atoms with Crippen LogP contribution in [0.2, 0.25) is 0 Å². The summed E-state index contributed by atoms with van der Waals surface area (Å²) in [4.78, 5) is 0. The van der Waals surface area contributed by atoms with Crippen molar-refractivity contribution in [3.63, 3.8) is 0 Å². The van der Waals surface area contributed by atoms with E-state index in [9.17, 15) is 5.26 Å². The Bertz CT molecular complexity index is 376. The van der Waals surface area contributed by atoms with Crippen LogP contribution in [0.1, 0.15) is 32.6 Å². The number of hydrogen-bond donors (Lipinski definition) is 0. The zero-order chi connectivity index (χ0) is 11.2. The van der Waals surface area contributed by atoms with Gasteiger partial charge >= 0.3 is 0 Å². The molecule has 0 amide bonds. The van der Waals surface area contributed by atoms with E-state index in [1.54, 1.807) is 0 Å². The van der Waals surface area contributed by atoms with E-state index in [0.717, 1.165) is 25.7 Å². The number of ether oxygens (including phenoxy) is 2. The third-order valence-corrected chi connectivity index (χ3v) is 4.52. The number of hydrogen-bond acceptors (Lipinski definition) is 3. The average molecular weight is 219 g/mol. The maximum absolute atomic E-state index is 9.19. The van der Waals surface area contributed by atoms with Gasteiger partial charge in [-0.1, -0.05) is 12.5 Å². The molecular weight excluding hydrogens is 202 g/mol. The molecule has 0 aromatic carbocycles. The first-order valence-corrected chi connectivity index (χ1v) is 6.08. The number of nitriles is 1. The van der Waals surface area contributed by atoms with Gasteiger partial charge in [0.1, 0.15) is 0 Å². The van der Waals surface area contributed by atoms with Gasteiger partial charge in [0.25, 0.3) is 0 Å². The third-order valence-electron chi connectivity index (χ3n) is 4.52. The van der Waals surface area contributed by atoms with Crippen LogP contribution in [0.15, 0.2) is 11.6 Å².